The van der Waals surface area contributed by atoms with E-state index in [4.69, 9.17) is 4.74 Å². The molecule has 1 aliphatic heterocycles. The normalized spacial score (nSPS) is 18.8. The van der Waals surface area contributed by atoms with Gasteiger partial charge in [-0.2, -0.15) is 0 Å². The van der Waals surface area contributed by atoms with Gasteiger partial charge in [-0.25, -0.2) is 9.18 Å². The zero-order valence-electron chi connectivity index (χ0n) is 11.9. The lowest BCUT2D eigenvalue weighted by Crippen LogP contribution is -2.36. The molecular formula is C16H17FN2O2. The van der Waals surface area contributed by atoms with Crippen LogP contribution in [0.25, 0.3) is 10.9 Å². The minimum Gasteiger partial charge on any atom is -0.465 e. The lowest BCUT2D eigenvalue weighted by molar-refractivity contribution is 0.0603. The van der Waals surface area contributed by atoms with Crippen molar-refractivity contribution >= 4 is 22.6 Å². The van der Waals surface area contributed by atoms with Crippen LogP contribution in [0.2, 0.25) is 0 Å². The van der Waals surface area contributed by atoms with Crippen LogP contribution in [-0.4, -0.2) is 37.3 Å². The van der Waals surface area contributed by atoms with Gasteiger partial charge in [0.05, 0.1) is 18.2 Å². The van der Waals surface area contributed by atoms with Crippen LogP contribution >= 0.6 is 0 Å². The fourth-order valence-corrected chi connectivity index (χ4v) is 2.78. The highest BCUT2D eigenvalue weighted by molar-refractivity contribution is 6.04. The van der Waals surface area contributed by atoms with Crippen molar-refractivity contribution in [1.29, 1.82) is 0 Å². The molecule has 1 aliphatic rings. The summed E-state index contributed by atoms with van der Waals surface area (Å²) in [4.78, 5) is 18.1. The summed E-state index contributed by atoms with van der Waals surface area (Å²) in [5.74, 6) is -0.387. The number of ether oxygens (including phenoxy) is 1. The summed E-state index contributed by atoms with van der Waals surface area (Å²) in [6.07, 6.45) is 2.27. The van der Waals surface area contributed by atoms with Crippen molar-refractivity contribution in [2.75, 3.05) is 25.1 Å². The summed E-state index contributed by atoms with van der Waals surface area (Å²) in [5, 5.41) is 0.739. The van der Waals surface area contributed by atoms with Crippen LogP contribution in [0.3, 0.4) is 0 Å². The Morgan fingerprint density at radius 2 is 2.29 bits per heavy atom. The fraction of sp³-hybridized carbons (Fsp3) is 0.375. The highest BCUT2D eigenvalue weighted by Gasteiger charge is 2.20. The number of piperidine rings is 1. The molecule has 1 atom stereocenters. The summed E-state index contributed by atoms with van der Waals surface area (Å²) in [5.41, 5.74) is 2.14. The van der Waals surface area contributed by atoms with Gasteiger partial charge in [0.15, 0.2) is 0 Å². The second-order valence-corrected chi connectivity index (χ2v) is 5.24. The molecule has 110 valence electrons. The van der Waals surface area contributed by atoms with E-state index < -0.39 is 6.17 Å². The van der Waals surface area contributed by atoms with Crippen molar-refractivity contribution in [2.45, 2.75) is 19.0 Å². The standard InChI is InChI=1S/C16H17FN2O2/c1-21-16(20)13-6-7-18-15-5-4-12(9-14(13)15)19-8-2-3-11(17)10-19/h4-7,9,11H,2-3,8,10H2,1H3/t11-/m0/s1. The van der Waals surface area contributed by atoms with Gasteiger partial charge in [-0.1, -0.05) is 0 Å². The van der Waals surface area contributed by atoms with Crippen LogP contribution in [-0.2, 0) is 4.74 Å². The van der Waals surface area contributed by atoms with E-state index in [-0.39, 0.29) is 5.97 Å². The summed E-state index contributed by atoms with van der Waals surface area (Å²) >= 11 is 0. The fourth-order valence-electron chi connectivity index (χ4n) is 2.78. The zero-order valence-corrected chi connectivity index (χ0v) is 11.9. The summed E-state index contributed by atoms with van der Waals surface area (Å²) in [6.45, 7) is 1.24. The molecular weight excluding hydrogens is 271 g/mol. The molecule has 2 heterocycles. The molecule has 21 heavy (non-hydrogen) atoms. The molecule has 0 aliphatic carbocycles. The molecule has 0 spiro atoms. The molecule has 4 nitrogen and oxygen atoms in total. The third-order valence-electron chi connectivity index (χ3n) is 3.86. The number of nitrogens with zero attached hydrogens (tertiary/aromatic N) is 2. The summed E-state index contributed by atoms with van der Waals surface area (Å²) in [6, 6.07) is 7.33. The molecule has 0 N–H and O–H groups in total. The van der Waals surface area contributed by atoms with E-state index in [0.29, 0.717) is 18.5 Å². The van der Waals surface area contributed by atoms with Crippen molar-refractivity contribution in [3.8, 4) is 0 Å². The van der Waals surface area contributed by atoms with E-state index in [9.17, 15) is 9.18 Å². The Balaban J connectivity index is 2.04. The highest BCUT2D eigenvalue weighted by atomic mass is 19.1. The first-order valence-electron chi connectivity index (χ1n) is 7.05. The Morgan fingerprint density at radius 1 is 1.43 bits per heavy atom. The van der Waals surface area contributed by atoms with Gasteiger partial charge in [-0.15, -0.1) is 0 Å². The number of hydrogen-bond donors (Lipinski definition) is 0. The van der Waals surface area contributed by atoms with Gasteiger partial charge >= 0.3 is 5.97 Å². The molecule has 1 fully saturated rings. The number of halogens is 1. The van der Waals surface area contributed by atoms with Crippen LogP contribution in [0.1, 0.15) is 23.2 Å². The molecule has 1 aromatic heterocycles. The van der Waals surface area contributed by atoms with Crippen LogP contribution in [0.5, 0.6) is 0 Å². The molecule has 0 bridgehead atoms. The molecule has 3 rings (SSSR count). The Bertz CT molecular complexity index is 674. The first-order chi connectivity index (χ1) is 10.2. The third kappa shape index (κ3) is 2.68. The maximum Gasteiger partial charge on any atom is 0.338 e. The van der Waals surface area contributed by atoms with E-state index in [2.05, 4.69) is 4.98 Å². The lowest BCUT2D eigenvalue weighted by atomic mass is 10.1. The van der Waals surface area contributed by atoms with Crippen molar-refractivity contribution < 1.29 is 13.9 Å². The Hall–Kier alpha value is -2.17. The first kappa shape index (κ1) is 13.8. The molecule has 1 saturated heterocycles. The van der Waals surface area contributed by atoms with Crippen LogP contribution in [0, 0.1) is 0 Å². The average Bonchev–Trinajstić information content (AvgIpc) is 2.53. The number of anilines is 1. The number of hydrogen-bond acceptors (Lipinski definition) is 4. The third-order valence-corrected chi connectivity index (χ3v) is 3.86. The van der Waals surface area contributed by atoms with E-state index in [1.165, 1.54) is 7.11 Å². The van der Waals surface area contributed by atoms with Crippen molar-refractivity contribution in [3.05, 3.63) is 36.0 Å². The number of methoxy groups -OCH3 is 1. The number of aromatic nitrogens is 1. The molecule has 0 amide bonds. The van der Waals surface area contributed by atoms with Gasteiger partial charge in [0.25, 0.3) is 0 Å². The lowest BCUT2D eigenvalue weighted by Gasteiger charge is -2.31. The smallest absolute Gasteiger partial charge is 0.338 e. The predicted octanol–water partition coefficient (Wildman–Crippen LogP) is 2.96. The van der Waals surface area contributed by atoms with Gasteiger partial charge in [0, 0.05) is 30.4 Å². The topological polar surface area (TPSA) is 42.4 Å². The Labute approximate surface area is 122 Å². The van der Waals surface area contributed by atoms with E-state index >= 15 is 0 Å². The molecule has 5 heteroatoms. The minimum absolute atomic E-state index is 0.387. The predicted molar refractivity (Wildman–Crippen MR) is 79.4 cm³/mol. The number of benzene rings is 1. The number of alkyl halides is 1. The number of fused-ring (bicyclic) bond motifs is 1. The number of carbonyl (C=O) groups is 1. The maximum atomic E-state index is 13.6. The zero-order chi connectivity index (χ0) is 14.8. The van der Waals surface area contributed by atoms with Gasteiger partial charge in [-0.3, -0.25) is 4.98 Å². The number of esters is 1. The monoisotopic (exact) mass is 288 g/mol. The van der Waals surface area contributed by atoms with Crippen LogP contribution in [0.15, 0.2) is 30.5 Å². The van der Waals surface area contributed by atoms with E-state index in [1.54, 1.807) is 12.3 Å². The second kappa shape index (κ2) is 5.68. The number of pyridine rings is 1. The van der Waals surface area contributed by atoms with Crippen molar-refractivity contribution in [3.63, 3.8) is 0 Å². The number of carbonyl (C=O) groups excluding carboxylic acids is 1. The SMILES string of the molecule is COC(=O)c1ccnc2ccc(N3CCC[C@H](F)C3)cc12. The maximum absolute atomic E-state index is 13.6. The summed E-state index contributed by atoms with van der Waals surface area (Å²) < 4.78 is 18.4. The van der Waals surface area contributed by atoms with E-state index in [1.807, 2.05) is 23.1 Å². The first-order valence-corrected chi connectivity index (χ1v) is 7.05. The molecule has 0 unspecified atom stereocenters. The molecule has 0 radical (unpaired) electrons. The highest BCUT2D eigenvalue weighted by Crippen LogP contribution is 2.27. The molecule has 0 saturated carbocycles. The largest absolute Gasteiger partial charge is 0.465 e. The minimum atomic E-state index is -0.788. The van der Waals surface area contributed by atoms with Crippen LogP contribution in [0.4, 0.5) is 10.1 Å². The Kier molecular flexibility index (Phi) is 3.73. The van der Waals surface area contributed by atoms with Crippen molar-refractivity contribution in [2.24, 2.45) is 0 Å². The molecule has 1 aromatic carbocycles. The van der Waals surface area contributed by atoms with E-state index in [0.717, 1.165) is 29.6 Å². The Morgan fingerprint density at radius 3 is 3.05 bits per heavy atom. The van der Waals surface area contributed by atoms with Gasteiger partial charge in [0.2, 0.25) is 0 Å². The van der Waals surface area contributed by atoms with Gasteiger partial charge in [-0.05, 0) is 37.1 Å². The van der Waals surface area contributed by atoms with Gasteiger partial charge < -0.3 is 9.64 Å². The second-order valence-electron chi connectivity index (χ2n) is 5.24. The average molecular weight is 288 g/mol. The van der Waals surface area contributed by atoms with Crippen LogP contribution < -0.4 is 4.90 Å². The number of rotatable bonds is 2. The molecule has 2 aromatic rings. The summed E-state index contributed by atoms with van der Waals surface area (Å²) in [7, 11) is 1.36. The quantitative estimate of drug-likeness (QED) is 0.797. The van der Waals surface area contributed by atoms with Gasteiger partial charge in [0.1, 0.15) is 6.17 Å². The van der Waals surface area contributed by atoms with Crippen molar-refractivity contribution in [1.82, 2.24) is 4.98 Å².